The normalized spacial score (nSPS) is 13.7. The molecule has 2 aromatic carbocycles. The third kappa shape index (κ3) is 2.09. The predicted octanol–water partition coefficient (Wildman–Crippen LogP) is 2.74. The van der Waals surface area contributed by atoms with Crippen molar-refractivity contribution in [2.24, 2.45) is 0 Å². The second-order valence-corrected chi connectivity index (χ2v) is 5.29. The molecule has 2 aromatic rings. The summed E-state index contributed by atoms with van der Waals surface area (Å²) < 4.78 is 0. The lowest BCUT2D eigenvalue weighted by atomic mass is 10.0. The first kappa shape index (κ1) is 13.4. The Morgan fingerprint density at radius 2 is 1.67 bits per heavy atom. The van der Waals surface area contributed by atoms with E-state index in [1.165, 1.54) is 4.90 Å². The molecule has 0 aromatic heterocycles. The highest BCUT2D eigenvalue weighted by atomic mass is 16.3. The molecule has 0 fully saturated rings. The van der Waals surface area contributed by atoms with Gasteiger partial charge in [-0.05, 0) is 48.7 Å². The van der Waals surface area contributed by atoms with Crippen LogP contribution >= 0.6 is 0 Å². The zero-order valence-electron chi connectivity index (χ0n) is 11.9. The van der Waals surface area contributed by atoms with E-state index in [-0.39, 0.29) is 5.75 Å². The van der Waals surface area contributed by atoms with Gasteiger partial charge >= 0.3 is 0 Å². The number of Topliss-reactive ketones (excluding diaryl/α,β-unsaturated/α-hetero) is 1. The van der Waals surface area contributed by atoms with Crippen LogP contribution in [0.15, 0.2) is 36.4 Å². The first-order valence-corrected chi connectivity index (χ1v) is 6.73. The van der Waals surface area contributed by atoms with Gasteiger partial charge in [-0.1, -0.05) is 18.2 Å². The maximum Gasteiger partial charge on any atom is 0.299 e. The summed E-state index contributed by atoms with van der Waals surface area (Å²) in [6, 6.07) is 10.2. The number of fused-ring (bicyclic) bond motifs is 1. The number of carbonyl (C=O) groups excluding carboxylic acids is 2. The molecule has 0 aliphatic carbocycles. The molecule has 4 nitrogen and oxygen atoms in total. The fourth-order valence-electron chi connectivity index (χ4n) is 2.61. The molecule has 4 heteroatoms. The summed E-state index contributed by atoms with van der Waals surface area (Å²) in [7, 11) is 0. The van der Waals surface area contributed by atoms with Crippen molar-refractivity contribution in [1.29, 1.82) is 0 Å². The van der Waals surface area contributed by atoms with Crippen molar-refractivity contribution in [3.8, 4) is 5.75 Å². The number of rotatable bonds is 2. The quantitative estimate of drug-likeness (QED) is 0.861. The standard InChI is InChI=1S/C17H15NO3/c1-10-3-8-14-15(11(10)2)18(17(21)16(14)20)9-12-4-6-13(19)7-5-12/h3-8,19H,9H2,1-2H3. The fourth-order valence-corrected chi connectivity index (χ4v) is 2.61. The van der Waals surface area contributed by atoms with E-state index >= 15 is 0 Å². The number of amides is 1. The molecule has 0 saturated carbocycles. The zero-order valence-corrected chi connectivity index (χ0v) is 11.9. The van der Waals surface area contributed by atoms with E-state index in [4.69, 9.17) is 0 Å². The first-order chi connectivity index (χ1) is 9.99. The molecule has 1 N–H and O–H groups in total. The molecule has 1 amide bonds. The van der Waals surface area contributed by atoms with Crippen molar-refractivity contribution in [1.82, 2.24) is 0 Å². The summed E-state index contributed by atoms with van der Waals surface area (Å²) in [5.41, 5.74) is 4.04. The van der Waals surface area contributed by atoms with Crippen molar-refractivity contribution in [2.75, 3.05) is 4.90 Å². The summed E-state index contributed by atoms with van der Waals surface area (Å²) in [6.45, 7) is 4.20. The Balaban J connectivity index is 2.04. The number of aryl methyl sites for hydroxylation is 1. The molecular weight excluding hydrogens is 266 g/mol. The molecule has 0 spiro atoms. The summed E-state index contributed by atoms with van der Waals surface area (Å²) in [5, 5.41) is 9.32. The number of aromatic hydroxyl groups is 1. The van der Waals surface area contributed by atoms with Crippen LogP contribution < -0.4 is 4.90 Å². The Morgan fingerprint density at radius 1 is 1.00 bits per heavy atom. The SMILES string of the molecule is Cc1ccc2c(c1C)N(Cc1ccc(O)cc1)C(=O)C2=O. The number of benzene rings is 2. The lowest BCUT2D eigenvalue weighted by molar-refractivity contribution is -0.114. The number of hydrogen-bond donors (Lipinski definition) is 1. The Morgan fingerprint density at radius 3 is 2.33 bits per heavy atom. The molecule has 0 radical (unpaired) electrons. The number of hydrogen-bond acceptors (Lipinski definition) is 3. The van der Waals surface area contributed by atoms with E-state index in [1.807, 2.05) is 19.9 Å². The minimum Gasteiger partial charge on any atom is -0.508 e. The van der Waals surface area contributed by atoms with Gasteiger partial charge < -0.3 is 10.0 Å². The highest BCUT2D eigenvalue weighted by molar-refractivity contribution is 6.52. The monoisotopic (exact) mass is 281 g/mol. The Bertz CT molecular complexity index is 747. The van der Waals surface area contributed by atoms with Crippen LogP contribution in [-0.2, 0) is 11.3 Å². The molecule has 106 valence electrons. The molecule has 0 unspecified atom stereocenters. The van der Waals surface area contributed by atoms with E-state index < -0.39 is 11.7 Å². The second-order valence-electron chi connectivity index (χ2n) is 5.29. The van der Waals surface area contributed by atoms with Crippen molar-refractivity contribution >= 4 is 17.4 Å². The molecule has 1 heterocycles. The number of ketones is 1. The number of phenolic OH excluding ortho intramolecular Hbond substituents is 1. The van der Waals surface area contributed by atoms with E-state index in [0.717, 1.165) is 16.7 Å². The lowest BCUT2D eigenvalue weighted by Crippen LogP contribution is -2.29. The summed E-state index contributed by atoms with van der Waals surface area (Å²) >= 11 is 0. The van der Waals surface area contributed by atoms with Crippen molar-refractivity contribution < 1.29 is 14.7 Å². The van der Waals surface area contributed by atoms with Gasteiger partial charge in [-0.15, -0.1) is 0 Å². The van der Waals surface area contributed by atoms with Crippen LogP contribution in [0.1, 0.15) is 27.0 Å². The molecule has 0 atom stereocenters. The smallest absolute Gasteiger partial charge is 0.299 e. The highest BCUT2D eigenvalue weighted by Gasteiger charge is 2.37. The lowest BCUT2D eigenvalue weighted by Gasteiger charge is -2.19. The molecule has 1 aliphatic rings. The molecule has 0 saturated heterocycles. The number of anilines is 1. The van der Waals surface area contributed by atoms with Gasteiger partial charge in [0.05, 0.1) is 17.8 Å². The molecular formula is C17H15NO3. The first-order valence-electron chi connectivity index (χ1n) is 6.73. The minimum atomic E-state index is -0.494. The van der Waals surface area contributed by atoms with Crippen LogP contribution in [0.25, 0.3) is 0 Å². The van der Waals surface area contributed by atoms with Gasteiger partial charge in [0, 0.05) is 0 Å². The third-order valence-corrected chi connectivity index (χ3v) is 3.93. The molecule has 1 aliphatic heterocycles. The zero-order chi connectivity index (χ0) is 15.1. The van der Waals surface area contributed by atoms with Gasteiger partial charge in [-0.2, -0.15) is 0 Å². The summed E-state index contributed by atoms with van der Waals surface area (Å²) in [4.78, 5) is 25.8. The van der Waals surface area contributed by atoms with Gasteiger partial charge in [0.1, 0.15) is 5.75 Å². The summed E-state index contributed by atoms with van der Waals surface area (Å²) in [5.74, 6) is -0.770. The predicted molar refractivity (Wildman–Crippen MR) is 79.5 cm³/mol. The number of phenols is 1. The highest BCUT2D eigenvalue weighted by Crippen LogP contribution is 2.35. The topological polar surface area (TPSA) is 57.6 Å². The van der Waals surface area contributed by atoms with Gasteiger partial charge in [0.2, 0.25) is 0 Å². The van der Waals surface area contributed by atoms with Crippen LogP contribution in [0.4, 0.5) is 5.69 Å². The van der Waals surface area contributed by atoms with E-state index in [1.54, 1.807) is 30.3 Å². The van der Waals surface area contributed by atoms with Crippen LogP contribution in [0.2, 0.25) is 0 Å². The Labute approximate surface area is 122 Å². The van der Waals surface area contributed by atoms with Gasteiger partial charge in [-0.25, -0.2) is 0 Å². The van der Waals surface area contributed by atoms with Gasteiger partial charge in [0.25, 0.3) is 11.7 Å². The largest absolute Gasteiger partial charge is 0.508 e. The maximum absolute atomic E-state index is 12.2. The van der Waals surface area contributed by atoms with Gasteiger partial charge in [-0.3, -0.25) is 9.59 Å². The molecule has 21 heavy (non-hydrogen) atoms. The second kappa shape index (κ2) is 4.74. The number of nitrogens with zero attached hydrogens (tertiary/aromatic N) is 1. The average Bonchev–Trinajstić information content (AvgIpc) is 2.71. The fraction of sp³-hybridized carbons (Fsp3) is 0.176. The van der Waals surface area contributed by atoms with Crippen LogP contribution in [0.3, 0.4) is 0 Å². The van der Waals surface area contributed by atoms with Gasteiger partial charge in [0.15, 0.2) is 0 Å². The van der Waals surface area contributed by atoms with E-state index in [2.05, 4.69) is 0 Å². The Hall–Kier alpha value is -2.62. The van der Waals surface area contributed by atoms with E-state index in [0.29, 0.717) is 17.8 Å². The van der Waals surface area contributed by atoms with Crippen LogP contribution in [-0.4, -0.2) is 16.8 Å². The van der Waals surface area contributed by atoms with Crippen molar-refractivity contribution in [2.45, 2.75) is 20.4 Å². The van der Waals surface area contributed by atoms with Crippen molar-refractivity contribution in [3.63, 3.8) is 0 Å². The molecule has 0 bridgehead atoms. The van der Waals surface area contributed by atoms with Crippen LogP contribution in [0.5, 0.6) is 5.75 Å². The third-order valence-electron chi connectivity index (χ3n) is 3.93. The number of carbonyl (C=O) groups is 2. The van der Waals surface area contributed by atoms with Crippen LogP contribution in [0, 0.1) is 13.8 Å². The Kier molecular flexibility index (Phi) is 3.01. The average molecular weight is 281 g/mol. The van der Waals surface area contributed by atoms with Crippen molar-refractivity contribution in [3.05, 3.63) is 58.7 Å². The van der Waals surface area contributed by atoms with E-state index in [9.17, 15) is 14.7 Å². The minimum absolute atomic E-state index is 0.176. The maximum atomic E-state index is 12.2. The molecule has 3 rings (SSSR count). The summed E-state index contributed by atoms with van der Waals surface area (Å²) in [6.07, 6.45) is 0.